The molecule has 0 radical (unpaired) electrons. The van der Waals surface area contributed by atoms with Crippen LogP contribution in [0.15, 0.2) is 42.5 Å². The molecule has 3 rings (SSSR count). The van der Waals surface area contributed by atoms with E-state index in [1.54, 1.807) is 12.1 Å². The number of carboxylic acid groups (broad SMARTS) is 1. The highest BCUT2D eigenvalue weighted by Crippen LogP contribution is 2.26. The fourth-order valence-corrected chi connectivity index (χ4v) is 3.33. The first kappa shape index (κ1) is 16.3. The van der Waals surface area contributed by atoms with Crippen LogP contribution in [0.3, 0.4) is 0 Å². The summed E-state index contributed by atoms with van der Waals surface area (Å²) in [6.45, 7) is 4.72. The highest BCUT2D eigenvalue weighted by atomic mass is 16.4. The molecule has 1 fully saturated rings. The maximum atomic E-state index is 11.4. The molecule has 0 spiro atoms. The van der Waals surface area contributed by atoms with Crippen LogP contribution in [-0.2, 0) is 0 Å². The zero-order valence-electron chi connectivity index (χ0n) is 14.1. The summed E-state index contributed by atoms with van der Waals surface area (Å²) in [5, 5.41) is 9.38. The SMILES string of the molecule is Cc1ccc(C(=O)O)c(N(C)C[C@@H]2CCN(c3ccccc3)C2)n1. The van der Waals surface area contributed by atoms with E-state index in [9.17, 15) is 9.90 Å². The third-order valence-corrected chi connectivity index (χ3v) is 4.55. The van der Waals surface area contributed by atoms with Gasteiger partial charge in [-0.05, 0) is 43.5 Å². The summed E-state index contributed by atoms with van der Waals surface area (Å²) in [7, 11) is 1.93. The molecule has 2 heterocycles. The predicted molar refractivity (Wildman–Crippen MR) is 96.0 cm³/mol. The number of carboxylic acids is 1. The topological polar surface area (TPSA) is 56.7 Å². The summed E-state index contributed by atoms with van der Waals surface area (Å²) in [4.78, 5) is 20.3. The lowest BCUT2D eigenvalue weighted by Gasteiger charge is -2.24. The molecule has 0 bridgehead atoms. The number of hydrogen-bond donors (Lipinski definition) is 1. The molecule has 0 amide bonds. The zero-order valence-corrected chi connectivity index (χ0v) is 14.1. The van der Waals surface area contributed by atoms with Crippen LogP contribution >= 0.6 is 0 Å². The molecule has 5 heteroatoms. The van der Waals surface area contributed by atoms with Crippen LogP contribution in [0, 0.1) is 12.8 Å². The Hall–Kier alpha value is -2.56. The van der Waals surface area contributed by atoms with Crippen molar-refractivity contribution in [1.29, 1.82) is 0 Å². The summed E-state index contributed by atoms with van der Waals surface area (Å²) in [5.74, 6) is 0.126. The summed E-state index contributed by atoms with van der Waals surface area (Å²) in [5.41, 5.74) is 2.35. The molecular formula is C19H23N3O2. The minimum Gasteiger partial charge on any atom is -0.478 e. The Morgan fingerprint density at radius 3 is 2.75 bits per heavy atom. The molecule has 1 N–H and O–H groups in total. The van der Waals surface area contributed by atoms with Gasteiger partial charge < -0.3 is 14.9 Å². The first-order chi connectivity index (χ1) is 11.5. The molecule has 1 aromatic heterocycles. The van der Waals surface area contributed by atoms with Crippen molar-refractivity contribution in [3.05, 3.63) is 53.7 Å². The molecule has 0 aliphatic carbocycles. The van der Waals surface area contributed by atoms with Crippen molar-refractivity contribution >= 4 is 17.5 Å². The number of aromatic nitrogens is 1. The van der Waals surface area contributed by atoms with Crippen LogP contribution in [0.2, 0.25) is 0 Å². The van der Waals surface area contributed by atoms with Gasteiger partial charge in [-0.25, -0.2) is 9.78 Å². The molecule has 0 saturated carbocycles. The second kappa shape index (κ2) is 6.91. The number of hydrogen-bond acceptors (Lipinski definition) is 4. The Labute approximate surface area is 142 Å². The molecule has 126 valence electrons. The van der Waals surface area contributed by atoms with Gasteiger partial charge in [0.1, 0.15) is 11.4 Å². The van der Waals surface area contributed by atoms with E-state index in [4.69, 9.17) is 0 Å². The summed E-state index contributed by atoms with van der Waals surface area (Å²) < 4.78 is 0. The lowest BCUT2D eigenvalue weighted by atomic mass is 10.1. The fraction of sp³-hybridized carbons (Fsp3) is 0.368. The summed E-state index contributed by atoms with van der Waals surface area (Å²) in [6, 6.07) is 13.8. The van der Waals surface area contributed by atoms with Gasteiger partial charge in [-0.2, -0.15) is 0 Å². The van der Waals surface area contributed by atoms with Crippen LogP contribution in [-0.4, -0.2) is 42.7 Å². The smallest absolute Gasteiger partial charge is 0.339 e. The van der Waals surface area contributed by atoms with E-state index < -0.39 is 5.97 Å². The maximum Gasteiger partial charge on any atom is 0.339 e. The molecule has 1 aliphatic heterocycles. The Morgan fingerprint density at radius 2 is 2.04 bits per heavy atom. The van der Waals surface area contributed by atoms with E-state index >= 15 is 0 Å². The number of anilines is 2. The maximum absolute atomic E-state index is 11.4. The molecule has 2 aromatic rings. The molecule has 1 aromatic carbocycles. The Morgan fingerprint density at radius 1 is 1.29 bits per heavy atom. The van der Waals surface area contributed by atoms with Crippen molar-refractivity contribution in [1.82, 2.24) is 4.98 Å². The summed E-state index contributed by atoms with van der Waals surface area (Å²) >= 11 is 0. The first-order valence-corrected chi connectivity index (χ1v) is 8.26. The predicted octanol–water partition coefficient (Wildman–Crippen LogP) is 3.05. The van der Waals surface area contributed by atoms with E-state index in [0.29, 0.717) is 11.7 Å². The van der Waals surface area contributed by atoms with Crippen LogP contribution in [0.25, 0.3) is 0 Å². The molecule has 1 saturated heterocycles. The number of benzene rings is 1. The van der Waals surface area contributed by atoms with Gasteiger partial charge in [0.05, 0.1) is 0 Å². The first-order valence-electron chi connectivity index (χ1n) is 8.26. The lowest BCUT2D eigenvalue weighted by Crippen LogP contribution is -2.30. The van der Waals surface area contributed by atoms with Gasteiger partial charge in [-0.15, -0.1) is 0 Å². The average molecular weight is 325 g/mol. The average Bonchev–Trinajstić information content (AvgIpc) is 3.03. The second-order valence-electron chi connectivity index (χ2n) is 6.45. The Balaban J connectivity index is 1.69. The van der Waals surface area contributed by atoms with Gasteiger partial charge in [0.2, 0.25) is 0 Å². The van der Waals surface area contributed by atoms with Crippen molar-refractivity contribution < 1.29 is 9.90 Å². The van der Waals surface area contributed by atoms with E-state index in [1.807, 2.05) is 24.9 Å². The number of nitrogens with zero attached hydrogens (tertiary/aromatic N) is 3. The molecule has 1 atom stereocenters. The standard InChI is InChI=1S/C19H23N3O2/c1-14-8-9-17(19(23)24)18(20-14)21(2)12-15-10-11-22(13-15)16-6-4-3-5-7-16/h3-9,15H,10-13H2,1-2H3,(H,23,24)/t15-/m0/s1. The molecule has 5 nitrogen and oxygen atoms in total. The lowest BCUT2D eigenvalue weighted by molar-refractivity contribution is 0.0697. The van der Waals surface area contributed by atoms with E-state index in [-0.39, 0.29) is 5.56 Å². The van der Waals surface area contributed by atoms with E-state index in [1.165, 1.54) is 5.69 Å². The highest BCUT2D eigenvalue weighted by molar-refractivity contribution is 5.93. The molecule has 0 unspecified atom stereocenters. The third kappa shape index (κ3) is 3.50. The number of para-hydroxylation sites is 1. The van der Waals surface area contributed by atoms with Crippen molar-refractivity contribution in [2.75, 3.05) is 36.5 Å². The van der Waals surface area contributed by atoms with Crippen molar-refractivity contribution in [3.8, 4) is 0 Å². The Kier molecular flexibility index (Phi) is 4.69. The number of pyridine rings is 1. The van der Waals surface area contributed by atoms with Crippen molar-refractivity contribution in [2.24, 2.45) is 5.92 Å². The Bertz CT molecular complexity index is 718. The quantitative estimate of drug-likeness (QED) is 0.915. The van der Waals surface area contributed by atoms with Crippen LogP contribution in [0.1, 0.15) is 22.5 Å². The molecule has 24 heavy (non-hydrogen) atoms. The largest absolute Gasteiger partial charge is 0.478 e. The number of aryl methyl sites for hydroxylation is 1. The van der Waals surface area contributed by atoms with Gasteiger partial charge >= 0.3 is 5.97 Å². The number of aromatic carboxylic acids is 1. The monoisotopic (exact) mass is 325 g/mol. The normalized spacial score (nSPS) is 17.1. The minimum absolute atomic E-state index is 0.265. The third-order valence-electron chi connectivity index (χ3n) is 4.55. The highest BCUT2D eigenvalue weighted by Gasteiger charge is 2.25. The second-order valence-corrected chi connectivity index (χ2v) is 6.45. The minimum atomic E-state index is -0.929. The van der Waals surface area contributed by atoms with Crippen LogP contribution in [0.4, 0.5) is 11.5 Å². The van der Waals surface area contributed by atoms with E-state index in [2.05, 4.69) is 34.1 Å². The zero-order chi connectivity index (χ0) is 17.1. The van der Waals surface area contributed by atoms with Gasteiger partial charge in [0.15, 0.2) is 0 Å². The van der Waals surface area contributed by atoms with Gasteiger partial charge in [0.25, 0.3) is 0 Å². The van der Waals surface area contributed by atoms with Crippen molar-refractivity contribution in [2.45, 2.75) is 13.3 Å². The van der Waals surface area contributed by atoms with Crippen molar-refractivity contribution in [3.63, 3.8) is 0 Å². The van der Waals surface area contributed by atoms with Gasteiger partial charge in [-0.1, -0.05) is 18.2 Å². The van der Waals surface area contributed by atoms with Crippen LogP contribution < -0.4 is 9.80 Å². The molecule has 1 aliphatic rings. The number of carbonyl (C=O) groups is 1. The number of rotatable bonds is 5. The summed E-state index contributed by atoms with van der Waals surface area (Å²) in [6.07, 6.45) is 1.10. The van der Waals surface area contributed by atoms with Gasteiger partial charge in [0, 0.05) is 38.1 Å². The van der Waals surface area contributed by atoms with Crippen LogP contribution in [0.5, 0.6) is 0 Å². The van der Waals surface area contributed by atoms with E-state index in [0.717, 1.165) is 31.7 Å². The molecular weight excluding hydrogens is 302 g/mol. The fourth-order valence-electron chi connectivity index (χ4n) is 3.33. The van der Waals surface area contributed by atoms with Gasteiger partial charge in [-0.3, -0.25) is 0 Å².